The van der Waals surface area contributed by atoms with Crippen molar-refractivity contribution in [2.45, 2.75) is 122 Å². The van der Waals surface area contributed by atoms with Crippen molar-refractivity contribution < 1.29 is 48.1 Å². The third kappa shape index (κ3) is 27.1. The van der Waals surface area contributed by atoms with Gasteiger partial charge < -0.3 is 1.43 Å². The van der Waals surface area contributed by atoms with Crippen molar-refractivity contribution in [3.63, 3.8) is 0 Å². The maximum atomic E-state index is 10.3. The molecule has 0 aliphatic carbocycles. The van der Waals surface area contributed by atoms with Gasteiger partial charge in [-0.1, -0.05) is 116 Å². The fourth-order valence-corrected chi connectivity index (χ4v) is 3.50. The zero-order valence-corrected chi connectivity index (χ0v) is 20.3. The van der Waals surface area contributed by atoms with Gasteiger partial charge in [0.1, 0.15) is 0 Å². The van der Waals surface area contributed by atoms with Gasteiger partial charge >= 0.3 is 40.0 Å². The monoisotopic (exact) mass is 402 g/mol. The Hall–Kier alpha value is 0.870. The molecule has 0 amide bonds. The molecule has 0 saturated carbocycles. The Bertz CT molecular complexity index is 367. The second-order valence-corrected chi connectivity index (χ2v) is 8.35. The summed E-state index contributed by atoms with van der Waals surface area (Å²) in [5.41, 5.74) is 0. The van der Waals surface area contributed by atoms with Crippen LogP contribution in [0.5, 0.6) is 0 Å². The van der Waals surface area contributed by atoms with Gasteiger partial charge in [-0.05, 0) is 6.42 Å². The van der Waals surface area contributed by atoms with Gasteiger partial charge in [0.25, 0.3) is 0 Å². The predicted molar refractivity (Wildman–Crippen MR) is 107 cm³/mol. The van der Waals surface area contributed by atoms with Crippen molar-refractivity contribution in [3.05, 3.63) is 0 Å². The van der Waals surface area contributed by atoms with E-state index in [-0.39, 0.29) is 37.6 Å². The molecule has 0 rings (SSSR count). The Morgan fingerprint density at radius 1 is 0.615 bits per heavy atom. The first kappa shape index (κ1) is 29.1. The summed E-state index contributed by atoms with van der Waals surface area (Å²) in [6.45, 7) is 2.37. The molecular weight excluding hydrogens is 359 g/mol. The molecule has 4 nitrogen and oxygen atoms in total. The normalized spacial score (nSPS) is 11.5. The van der Waals surface area contributed by atoms with Crippen molar-refractivity contribution >= 4 is 10.4 Å². The van der Waals surface area contributed by atoms with Gasteiger partial charge in [0.05, 0.1) is 6.61 Å². The first-order chi connectivity index (χ1) is 12.1. The van der Waals surface area contributed by atoms with Crippen LogP contribution in [0.1, 0.15) is 124 Å². The average molecular weight is 403 g/mol. The van der Waals surface area contributed by atoms with Crippen molar-refractivity contribution in [3.8, 4) is 0 Å². The Balaban J connectivity index is -0.00000288. The molecule has 0 atom stereocenters. The minimum Gasteiger partial charge on any atom is -1.00 e. The molecule has 0 fully saturated rings. The summed E-state index contributed by atoms with van der Waals surface area (Å²) in [4.78, 5) is 0. The molecule has 1 N–H and O–H groups in total. The number of unbranched alkanes of at least 4 members (excludes halogenated alkanes) is 17. The Morgan fingerprint density at radius 2 is 0.885 bits per heavy atom. The number of hydrogen-bond acceptors (Lipinski definition) is 3. The second kappa shape index (κ2) is 22.2. The van der Waals surface area contributed by atoms with Crippen LogP contribution < -0.4 is 29.6 Å². The van der Waals surface area contributed by atoms with E-state index >= 15 is 0 Å². The summed E-state index contributed by atoms with van der Waals surface area (Å²) in [5, 5.41) is 0. The Labute approximate surface area is 187 Å². The molecule has 0 heterocycles. The van der Waals surface area contributed by atoms with Gasteiger partial charge in [-0.15, -0.1) is 0 Å². The fourth-order valence-electron chi connectivity index (χ4n) is 3.17. The van der Waals surface area contributed by atoms with Crippen molar-refractivity contribution in [1.82, 2.24) is 0 Å². The van der Waals surface area contributed by atoms with E-state index in [0.29, 0.717) is 6.42 Å². The zero-order chi connectivity index (χ0) is 18.6. The van der Waals surface area contributed by atoms with Crippen LogP contribution in [-0.2, 0) is 14.6 Å². The van der Waals surface area contributed by atoms with E-state index in [4.69, 9.17) is 4.55 Å². The fraction of sp³-hybridized carbons (Fsp3) is 1.00. The van der Waals surface area contributed by atoms with Crippen LogP contribution in [0.25, 0.3) is 0 Å². The SMILES string of the molecule is CCCCCCCCCCCCCCCCCCCCOS(=O)(=O)O.[H-].[Na+]. The minimum absolute atomic E-state index is 0. The Kier molecular flexibility index (Phi) is 24.8. The van der Waals surface area contributed by atoms with Crippen molar-refractivity contribution in [1.29, 1.82) is 0 Å². The topological polar surface area (TPSA) is 63.6 Å². The molecular formula is C20H43NaO4S. The molecule has 0 bridgehead atoms. The van der Waals surface area contributed by atoms with E-state index in [9.17, 15) is 8.42 Å². The molecule has 26 heavy (non-hydrogen) atoms. The van der Waals surface area contributed by atoms with Crippen molar-refractivity contribution in [2.24, 2.45) is 0 Å². The number of rotatable bonds is 20. The maximum Gasteiger partial charge on any atom is 1.00 e. The third-order valence-electron chi connectivity index (χ3n) is 4.73. The maximum absolute atomic E-state index is 10.3. The van der Waals surface area contributed by atoms with Crippen LogP contribution in [0, 0.1) is 0 Å². The van der Waals surface area contributed by atoms with E-state index in [1.54, 1.807) is 0 Å². The van der Waals surface area contributed by atoms with Gasteiger partial charge in [0, 0.05) is 0 Å². The first-order valence-electron chi connectivity index (χ1n) is 10.7. The molecule has 0 aliphatic heterocycles. The van der Waals surface area contributed by atoms with Crippen LogP contribution in [0.15, 0.2) is 0 Å². The molecule has 6 heteroatoms. The first-order valence-corrected chi connectivity index (χ1v) is 12.0. The summed E-state index contributed by atoms with van der Waals surface area (Å²) < 4.78 is 33.4. The molecule has 0 aromatic rings. The second-order valence-electron chi connectivity index (χ2n) is 7.26. The molecule has 154 valence electrons. The van der Waals surface area contributed by atoms with E-state index < -0.39 is 10.4 Å². The van der Waals surface area contributed by atoms with Gasteiger partial charge in [-0.25, -0.2) is 4.18 Å². The molecule has 0 aromatic carbocycles. The molecule has 0 unspecified atom stereocenters. The van der Waals surface area contributed by atoms with E-state index in [1.807, 2.05) is 0 Å². The zero-order valence-electron chi connectivity index (χ0n) is 18.5. The van der Waals surface area contributed by atoms with Crippen LogP contribution in [0.2, 0.25) is 0 Å². The minimum atomic E-state index is -4.25. The molecule has 0 spiro atoms. The van der Waals surface area contributed by atoms with Crippen LogP contribution >= 0.6 is 0 Å². The van der Waals surface area contributed by atoms with Crippen LogP contribution in [0.4, 0.5) is 0 Å². The standard InChI is InChI=1S/C20H42O4S.Na.H/c1-2-3-4-5-6-7-8-9-10-11-12-13-14-15-16-17-18-19-20-24-25(21,22)23;;/h2-20H2,1H3,(H,21,22,23);;/q;+1;-1. The van der Waals surface area contributed by atoms with Gasteiger partial charge in [-0.3, -0.25) is 4.55 Å². The van der Waals surface area contributed by atoms with Crippen LogP contribution in [-0.4, -0.2) is 19.6 Å². The molecule has 0 saturated heterocycles. The van der Waals surface area contributed by atoms with Crippen molar-refractivity contribution in [2.75, 3.05) is 6.61 Å². The summed E-state index contributed by atoms with van der Waals surface area (Å²) in [6.07, 6.45) is 23.4. The average Bonchev–Trinajstić information content (AvgIpc) is 2.56. The molecule has 0 aliphatic rings. The quantitative estimate of drug-likeness (QED) is 0.190. The van der Waals surface area contributed by atoms with E-state index in [1.165, 1.54) is 96.3 Å². The number of hydrogen-bond donors (Lipinski definition) is 1. The van der Waals surface area contributed by atoms with Gasteiger partial charge in [-0.2, -0.15) is 8.42 Å². The van der Waals surface area contributed by atoms with Crippen LogP contribution in [0.3, 0.4) is 0 Å². The molecule has 0 aromatic heterocycles. The molecule has 0 radical (unpaired) electrons. The third-order valence-corrected chi connectivity index (χ3v) is 5.19. The largest absolute Gasteiger partial charge is 1.00 e. The smallest absolute Gasteiger partial charge is 1.00 e. The summed E-state index contributed by atoms with van der Waals surface area (Å²) >= 11 is 0. The predicted octanol–water partition coefficient (Wildman–Crippen LogP) is 3.96. The summed E-state index contributed by atoms with van der Waals surface area (Å²) in [5.74, 6) is 0. The summed E-state index contributed by atoms with van der Waals surface area (Å²) in [7, 11) is -4.25. The van der Waals surface area contributed by atoms with E-state index in [0.717, 1.165) is 12.8 Å². The Morgan fingerprint density at radius 3 is 1.15 bits per heavy atom. The van der Waals surface area contributed by atoms with E-state index in [2.05, 4.69) is 11.1 Å². The van der Waals surface area contributed by atoms with Gasteiger partial charge in [0.15, 0.2) is 0 Å². The summed E-state index contributed by atoms with van der Waals surface area (Å²) in [6, 6.07) is 0. The van der Waals surface area contributed by atoms with Gasteiger partial charge in [0.2, 0.25) is 0 Å².